The molecular weight excluding hydrogens is 407 g/mol. The Labute approximate surface area is 169 Å². The molecule has 0 spiro atoms. The van der Waals surface area contributed by atoms with E-state index < -0.39 is 17.9 Å². The van der Waals surface area contributed by atoms with Crippen molar-refractivity contribution in [3.05, 3.63) is 64.1 Å². The molecule has 1 atom stereocenters. The Morgan fingerprint density at radius 1 is 1.07 bits per heavy atom. The number of amides is 2. The highest BCUT2D eigenvalue weighted by Crippen LogP contribution is 2.25. The first kappa shape index (κ1) is 19.3. The van der Waals surface area contributed by atoms with Crippen molar-refractivity contribution >= 4 is 51.7 Å². The molecule has 0 radical (unpaired) electrons. The van der Waals surface area contributed by atoms with Crippen LogP contribution >= 0.6 is 34.7 Å². The lowest BCUT2D eigenvalue weighted by Gasteiger charge is -2.13. The summed E-state index contributed by atoms with van der Waals surface area (Å²) in [5.41, 5.74) is 1.05. The second-order valence-electron chi connectivity index (χ2n) is 5.57. The van der Waals surface area contributed by atoms with Gasteiger partial charge in [-0.05, 0) is 19.1 Å². The van der Waals surface area contributed by atoms with E-state index in [4.69, 9.17) is 23.2 Å². The molecule has 0 saturated carbocycles. The second-order valence-corrected chi connectivity index (χ2v) is 7.11. The number of aromatic nitrogens is 2. The number of benzene rings is 2. The summed E-state index contributed by atoms with van der Waals surface area (Å²) in [4.78, 5) is 28.9. The van der Waals surface area contributed by atoms with Crippen molar-refractivity contribution in [2.75, 3.05) is 5.32 Å². The number of nitrogens with one attached hydrogen (secondary N) is 2. The van der Waals surface area contributed by atoms with E-state index in [2.05, 4.69) is 20.0 Å². The first-order valence-corrected chi connectivity index (χ1v) is 9.43. The van der Waals surface area contributed by atoms with Crippen LogP contribution in [0.3, 0.4) is 0 Å². The highest BCUT2D eigenvalue weighted by atomic mass is 35.5. The molecule has 0 aliphatic carbocycles. The van der Waals surface area contributed by atoms with Gasteiger partial charge in [-0.3, -0.25) is 14.9 Å². The average Bonchev–Trinajstić information content (AvgIpc) is 3.13. The maximum atomic E-state index is 12.3. The molecular formula is C18H14Cl2N4O2S. The van der Waals surface area contributed by atoms with Crippen LogP contribution in [0.2, 0.25) is 10.0 Å². The summed E-state index contributed by atoms with van der Waals surface area (Å²) in [6.45, 7) is 1.56. The number of hydrogen-bond donors (Lipinski definition) is 2. The number of halogens is 2. The van der Waals surface area contributed by atoms with Gasteiger partial charge in [0, 0.05) is 17.1 Å². The Hall–Kier alpha value is -2.48. The van der Waals surface area contributed by atoms with Gasteiger partial charge in [0.05, 0.1) is 15.6 Å². The average molecular weight is 421 g/mol. The number of rotatable bonds is 5. The molecule has 2 N–H and O–H groups in total. The minimum Gasteiger partial charge on any atom is -0.340 e. The lowest BCUT2D eigenvalue weighted by Crippen LogP contribution is -2.41. The van der Waals surface area contributed by atoms with Gasteiger partial charge in [-0.25, -0.2) is 0 Å². The normalized spacial score (nSPS) is 11.7. The standard InChI is InChI=1S/C18H14Cl2N4O2S/c1-10(21-17(26)12-8-5-9-13(19)14(12)20)16(25)23-18-22-15(24-27-18)11-6-3-2-4-7-11/h2-10H,1H3,(H,21,26)(H,22,23,24,25). The summed E-state index contributed by atoms with van der Waals surface area (Å²) in [5, 5.41) is 5.99. The minimum atomic E-state index is -0.809. The van der Waals surface area contributed by atoms with E-state index in [1.807, 2.05) is 30.3 Å². The van der Waals surface area contributed by atoms with Gasteiger partial charge in [-0.1, -0.05) is 59.6 Å². The maximum absolute atomic E-state index is 12.3. The van der Waals surface area contributed by atoms with Gasteiger partial charge >= 0.3 is 0 Å². The zero-order valence-electron chi connectivity index (χ0n) is 14.1. The fourth-order valence-corrected chi connectivity index (χ4v) is 3.19. The van der Waals surface area contributed by atoms with E-state index in [-0.39, 0.29) is 15.6 Å². The van der Waals surface area contributed by atoms with Crippen LogP contribution in [0.5, 0.6) is 0 Å². The lowest BCUT2D eigenvalue weighted by atomic mass is 10.2. The van der Waals surface area contributed by atoms with Gasteiger partial charge in [0.15, 0.2) is 5.82 Å². The van der Waals surface area contributed by atoms with Crippen LogP contribution in [0.25, 0.3) is 11.4 Å². The molecule has 1 aromatic heterocycles. The molecule has 0 aliphatic heterocycles. The molecule has 3 rings (SSSR count). The van der Waals surface area contributed by atoms with Gasteiger partial charge < -0.3 is 5.32 Å². The molecule has 27 heavy (non-hydrogen) atoms. The smallest absolute Gasteiger partial charge is 0.253 e. The molecule has 3 aromatic rings. The van der Waals surface area contributed by atoms with Gasteiger partial charge in [0.2, 0.25) is 11.0 Å². The van der Waals surface area contributed by atoms with Crippen molar-refractivity contribution < 1.29 is 9.59 Å². The highest BCUT2D eigenvalue weighted by molar-refractivity contribution is 7.10. The molecule has 1 unspecified atom stereocenters. The van der Waals surface area contributed by atoms with E-state index in [1.165, 1.54) is 6.07 Å². The van der Waals surface area contributed by atoms with Gasteiger partial charge in [0.1, 0.15) is 6.04 Å². The fraction of sp³-hybridized carbons (Fsp3) is 0.111. The summed E-state index contributed by atoms with van der Waals surface area (Å²) in [7, 11) is 0. The largest absolute Gasteiger partial charge is 0.340 e. The summed E-state index contributed by atoms with van der Waals surface area (Å²) in [6, 6.07) is 13.3. The predicted molar refractivity (Wildman–Crippen MR) is 107 cm³/mol. The van der Waals surface area contributed by atoms with Crippen molar-refractivity contribution in [3.63, 3.8) is 0 Å². The predicted octanol–water partition coefficient (Wildman–Crippen LogP) is 4.27. The Balaban J connectivity index is 1.63. The van der Waals surface area contributed by atoms with Crippen molar-refractivity contribution in [3.8, 4) is 11.4 Å². The molecule has 0 saturated heterocycles. The third kappa shape index (κ3) is 4.63. The molecule has 0 bridgehead atoms. The zero-order valence-corrected chi connectivity index (χ0v) is 16.4. The Morgan fingerprint density at radius 3 is 2.56 bits per heavy atom. The van der Waals surface area contributed by atoms with Gasteiger partial charge in [0.25, 0.3) is 5.91 Å². The number of carbonyl (C=O) groups is 2. The summed E-state index contributed by atoms with van der Waals surface area (Å²) < 4.78 is 4.23. The van der Waals surface area contributed by atoms with Crippen molar-refractivity contribution in [1.29, 1.82) is 0 Å². The zero-order chi connectivity index (χ0) is 19.4. The van der Waals surface area contributed by atoms with Crippen LogP contribution in [0, 0.1) is 0 Å². The van der Waals surface area contributed by atoms with E-state index in [0.29, 0.717) is 11.0 Å². The van der Waals surface area contributed by atoms with Crippen molar-refractivity contribution in [2.45, 2.75) is 13.0 Å². The van der Waals surface area contributed by atoms with Crippen LogP contribution in [0.1, 0.15) is 17.3 Å². The Morgan fingerprint density at radius 2 is 1.81 bits per heavy atom. The van der Waals surface area contributed by atoms with E-state index in [9.17, 15) is 9.59 Å². The topological polar surface area (TPSA) is 84.0 Å². The van der Waals surface area contributed by atoms with Crippen LogP contribution in [-0.4, -0.2) is 27.2 Å². The van der Waals surface area contributed by atoms with Crippen molar-refractivity contribution in [1.82, 2.24) is 14.7 Å². The Bertz CT molecular complexity index is 979. The second kappa shape index (κ2) is 8.47. The van der Waals surface area contributed by atoms with Crippen molar-refractivity contribution in [2.24, 2.45) is 0 Å². The first-order chi connectivity index (χ1) is 13.0. The minimum absolute atomic E-state index is 0.140. The summed E-state index contributed by atoms with van der Waals surface area (Å²) in [5.74, 6) is -0.386. The quantitative estimate of drug-likeness (QED) is 0.645. The number of anilines is 1. The molecule has 138 valence electrons. The molecule has 2 amide bonds. The van der Waals surface area contributed by atoms with E-state index in [0.717, 1.165) is 17.1 Å². The van der Waals surface area contributed by atoms with Crippen LogP contribution < -0.4 is 10.6 Å². The highest BCUT2D eigenvalue weighted by Gasteiger charge is 2.20. The SMILES string of the molecule is CC(NC(=O)c1cccc(Cl)c1Cl)C(=O)Nc1nc(-c2ccccc2)ns1. The number of carbonyl (C=O) groups excluding carboxylic acids is 2. The number of nitrogens with zero attached hydrogens (tertiary/aromatic N) is 2. The third-order valence-corrected chi connectivity index (χ3v) is 5.07. The molecule has 1 heterocycles. The van der Waals surface area contributed by atoms with Crippen LogP contribution in [0.15, 0.2) is 48.5 Å². The third-order valence-electron chi connectivity index (χ3n) is 3.63. The van der Waals surface area contributed by atoms with Crippen LogP contribution in [-0.2, 0) is 4.79 Å². The Kier molecular flexibility index (Phi) is 6.05. The molecule has 6 nitrogen and oxygen atoms in total. The first-order valence-electron chi connectivity index (χ1n) is 7.90. The van der Waals surface area contributed by atoms with E-state index >= 15 is 0 Å². The summed E-state index contributed by atoms with van der Waals surface area (Å²) in [6.07, 6.45) is 0. The van der Waals surface area contributed by atoms with Crippen LogP contribution in [0.4, 0.5) is 5.13 Å². The molecule has 0 aliphatic rings. The summed E-state index contributed by atoms with van der Waals surface area (Å²) >= 11 is 13.0. The van der Waals surface area contributed by atoms with Gasteiger partial charge in [-0.15, -0.1) is 0 Å². The monoisotopic (exact) mass is 420 g/mol. The fourth-order valence-electron chi connectivity index (χ4n) is 2.21. The maximum Gasteiger partial charge on any atom is 0.253 e. The molecule has 0 fully saturated rings. The molecule has 9 heteroatoms. The number of hydrogen-bond acceptors (Lipinski definition) is 5. The van der Waals surface area contributed by atoms with Gasteiger partial charge in [-0.2, -0.15) is 9.36 Å². The molecule has 2 aromatic carbocycles. The lowest BCUT2D eigenvalue weighted by molar-refractivity contribution is -0.117. The van der Waals surface area contributed by atoms with E-state index in [1.54, 1.807) is 19.1 Å².